The number of nitrogens with zero attached hydrogens (tertiary/aromatic N) is 4. The first kappa shape index (κ1) is 8.09. The third-order valence-electron chi connectivity index (χ3n) is 1.03. The Morgan fingerprint density at radius 1 is 1.64 bits per heavy atom. The van der Waals surface area contributed by atoms with Gasteiger partial charge in [0.05, 0.1) is 20.2 Å². The maximum absolute atomic E-state index is 4.88. The minimum atomic E-state index is 0.488. The molecule has 0 amide bonds. The smallest absolute Gasteiger partial charge is 0.190 e. The molecule has 1 aromatic heterocycles. The average Bonchev–Trinajstić information content (AvgIpc) is 2.37. The van der Waals surface area contributed by atoms with Crippen molar-refractivity contribution in [2.75, 3.05) is 6.61 Å². The average molecular weight is 157 g/mol. The van der Waals surface area contributed by atoms with Gasteiger partial charge >= 0.3 is 0 Å². The van der Waals surface area contributed by atoms with E-state index in [1.807, 2.05) is 6.92 Å². The molecule has 1 N–H and O–H groups in total. The normalized spacial score (nSPS) is 10.4. The predicted molar refractivity (Wildman–Crippen MR) is 37.3 cm³/mol. The summed E-state index contributed by atoms with van der Waals surface area (Å²) in [5.74, 6) is 0.626. The van der Waals surface area contributed by atoms with E-state index < -0.39 is 0 Å². The fourth-order valence-corrected chi connectivity index (χ4v) is 0.612. The molecule has 0 atom stereocenters. The van der Waals surface area contributed by atoms with Gasteiger partial charge in [0.2, 0.25) is 0 Å². The molecule has 6 heteroatoms. The van der Waals surface area contributed by atoms with E-state index in [2.05, 4.69) is 20.9 Å². The molecule has 0 saturated carbocycles. The van der Waals surface area contributed by atoms with E-state index >= 15 is 0 Å². The summed E-state index contributed by atoms with van der Waals surface area (Å²) < 4.78 is 0. The zero-order valence-corrected chi connectivity index (χ0v) is 6.61. The zero-order chi connectivity index (χ0) is 8.10. The lowest BCUT2D eigenvalue weighted by atomic mass is 10.6. The number of tetrazole rings is 1. The Labute approximate surface area is 64.5 Å². The maximum Gasteiger partial charge on any atom is 0.190 e. The van der Waals surface area contributed by atoms with Gasteiger partial charge in [-0.25, -0.2) is 0 Å². The van der Waals surface area contributed by atoms with Gasteiger partial charge in [-0.15, -0.1) is 10.2 Å². The highest BCUT2D eigenvalue weighted by atomic mass is 16.6. The summed E-state index contributed by atoms with van der Waals surface area (Å²) in [4.78, 5) is 6.29. The number of hydrogen-bond acceptors (Lipinski definition) is 5. The van der Waals surface area contributed by atoms with Crippen molar-refractivity contribution in [3.8, 4) is 0 Å². The quantitative estimate of drug-likeness (QED) is 0.460. The van der Waals surface area contributed by atoms with Gasteiger partial charge in [-0.3, -0.25) is 0 Å². The van der Waals surface area contributed by atoms with Crippen LogP contribution in [0, 0.1) is 0 Å². The van der Waals surface area contributed by atoms with Gasteiger partial charge in [-0.1, -0.05) is 0 Å². The van der Waals surface area contributed by atoms with Gasteiger partial charge in [-0.05, 0) is 12.1 Å². The lowest BCUT2D eigenvalue weighted by molar-refractivity contribution is 0.0448. The van der Waals surface area contributed by atoms with E-state index in [1.165, 1.54) is 4.80 Å². The summed E-state index contributed by atoms with van der Waals surface area (Å²) in [5.41, 5.74) is 2.69. The Balaban J connectivity index is 2.27. The van der Waals surface area contributed by atoms with Crippen LogP contribution in [0.1, 0.15) is 12.7 Å². The molecule has 0 unspecified atom stereocenters. The van der Waals surface area contributed by atoms with E-state index in [4.69, 9.17) is 4.84 Å². The van der Waals surface area contributed by atoms with Crippen molar-refractivity contribution in [2.24, 2.45) is 7.05 Å². The van der Waals surface area contributed by atoms with Crippen molar-refractivity contribution >= 4 is 0 Å². The summed E-state index contributed by atoms with van der Waals surface area (Å²) in [6.07, 6.45) is 0. The molecule has 11 heavy (non-hydrogen) atoms. The fourth-order valence-electron chi connectivity index (χ4n) is 0.612. The number of hydroxylamine groups is 1. The molecular formula is C5H11N5O. The second-order valence-corrected chi connectivity index (χ2v) is 1.95. The molecule has 1 rings (SSSR count). The molecule has 0 saturated heterocycles. The standard InChI is InChI=1S/C5H11N5O/c1-3-11-6-4-5-7-9-10(2)8-5/h6H,3-4H2,1-2H3. The van der Waals surface area contributed by atoms with Crippen molar-refractivity contribution in [1.82, 2.24) is 25.7 Å². The summed E-state index contributed by atoms with van der Waals surface area (Å²) in [7, 11) is 1.72. The molecule has 0 radical (unpaired) electrons. The van der Waals surface area contributed by atoms with Crippen molar-refractivity contribution in [2.45, 2.75) is 13.5 Å². The van der Waals surface area contributed by atoms with E-state index in [1.54, 1.807) is 7.05 Å². The minimum Gasteiger partial charge on any atom is -0.302 e. The maximum atomic E-state index is 4.88. The van der Waals surface area contributed by atoms with Gasteiger partial charge in [0.1, 0.15) is 0 Å². The highest BCUT2D eigenvalue weighted by molar-refractivity contribution is 4.72. The fraction of sp³-hybridized carbons (Fsp3) is 0.800. The summed E-state index contributed by atoms with van der Waals surface area (Å²) in [6.45, 7) is 3.01. The van der Waals surface area contributed by atoms with Crippen molar-refractivity contribution in [3.63, 3.8) is 0 Å². The molecule has 0 fully saturated rings. The number of nitrogens with one attached hydrogen (secondary N) is 1. The lowest BCUT2D eigenvalue weighted by Gasteiger charge is -1.97. The minimum absolute atomic E-state index is 0.488. The molecule has 0 spiro atoms. The van der Waals surface area contributed by atoms with Gasteiger partial charge < -0.3 is 4.84 Å². The molecule has 62 valence electrons. The zero-order valence-electron chi connectivity index (χ0n) is 6.61. The Morgan fingerprint density at radius 3 is 3.00 bits per heavy atom. The SMILES string of the molecule is CCONCc1nnn(C)n1. The highest BCUT2D eigenvalue weighted by Crippen LogP contribution is 1.82. The first-order valence-electron chi connectivity index (χ1n) is 3.40. The summed E-state index contributed by atoms with van der Waals surface area (Å²) >= 11 is 0. The van der Waals surface area contributed by atoms with Gasteiger partial charge in [0.15, 0.2) is 5.82 Å². The molecule has 0 aliphatic carbocycles. The third kappa shape index (κ3) is 2.60. The second kappa shape index (κ2) is 3.99. The number of aromatic nitrogens is 4. The van der Waals surface area contributed by atoms with Crippen LogP contribution in [0.25, 0.3) is 0 Å². The van der Waals surface area contributed by atoms with Gasteiger partial charge in [-0.2, -0.15) is 10.3 Å². The molecule has 0 bridgehead atoms. The summed E-state index contributed by atoms with van der Waals surface area (Å²) in [5, 5.41) is 11.3. The van der Waals surface area contributed by atoms with Crippen LogP contribution < -0.4 is 5.48 Å². The van der Waals surface area contributed by atoms with Crippen LogP contribution in [-0.2, 0) is 18.4 Å². The monoisotopic (exact) mass is 157 g/mol. The van der Waals surface area contributed by atoms with E-state index in [9.17, 15) is 0 Å². The van der Waals surface area contributed by atoms with E-state index in [0.717, 1.165) is 0 Å². The molecule has 0 aromatic carbocycles. The van der Waals surface area contributed by atoms with Gasteiger partial charge in [0, 0.05) is 0 Å². The number of rotatable bonds is 4. The van der Waals surface area contributed by atoms with Crippen LogP contribution in [0.3, 0.4) is 0 Å². The van der Waals surface area contributed by atoms with Gasteiger partial charge in [0.25, 0.3) is 0 Å². The van der Waals surface area contributed by atoms with Crippen LogP contribution in [0.4, 0.5) is 0 Å². The van der Waals surface area contributed by atoms with E-state index in [0.29, 0.717) is 19.0 Å². The van der Waals surface area contributed by atoms with Crippen molar-refractivity contribution < 1.29 is 4.84 Å². The Kier molecular flexibility index (Phi) is 2.94. The van der Waals surface area contributed by atoms with E-state index in [-0.39, 0.29) is 0 Å². The lowest BCUT2D eigenvalue weighted by Crippen LogP contribution is -2.14. The van der Waals surface area contributed by atoms with Crippen LogP contribution in [0.5, 0.6) is 0 Å². The predicted octanol–water partition coefficient (Wildman–Crippen LogP) is -0.749. The van der Waals surface area contributed by atoms with Crippen LogP contribution in [0.15, 0.2) is 0 Å². The largest absolute Gasteiger partial charge is 0.302 e. The highest BCUT2D eigenvalue weighted by Gasteiger charge is 1.97. The second-order valence-electron chi connectivity index (χ2n) is 1.95. The third-order valence-corrected chi connectivity index (χ3v) is 1.03. The Bertz CT molecular complexity index is 210. The Hall–Kier alpha value is -1.01. The van der Waals surface area contributed by atoms with Crippen LogP contribution in [-0.4, -0.2) is 26.8 Å². The molecule has 1 heterocycles. The number of aryl methyl sites for hydroxylation is 1. The first-order chi connectivity index (χ1) is 5.33. The molecule has 6 nitrogen and oxygen atoms in total. The van der Waals surface area contributed by atoms with Crippen molar-refractivity contribution in [3.05, 3.63) is 5.82 Å². The summed E-state index contributed by atoms with van der Waals surface area (Å²) in [6, 6.07) is 0. The molecular weight excluding hydrogens is 146 g/mol. The van der Waals surface area contributed by atoms with Crippen LogP contribution >= 0.6 is 0 Å². The molecule has 0 aliphatic rings. The first-order valence-corrected chi connectivity index (χ1v) is 3.40. The molecule has 1 aromatic rings. The van der Waals surface area contributed by atoms with Crippen molar-refractivity contribution in [1.29, 1.82) is 0 Å². The van der Waals surface area contributed by atoms with Crippen LogP contribution in [0.2, 0.25) is 0 Å². The number of hydrogen-bond donors (Lipinski definition) is 1. The topological polar surface area (TPSA) is 64.9 Å². The Morgan fingerprint density at radius 2 is 2.45 bits per heavy atom. The molecule has 0 aliphatic heterocycles.